The molecule has 1 atom stereocenters. The molecule has 0 unspecified atom stereocenters. The van der Waals surface area contributed by atoms with Gasteiger partial charge in [-0.1, -0.05) is 189 Å². The summed E-state index contributed by atoms with van der Waals surface area (Å²) in [5.41, 5.74) is 15.9. The van der Waals surface area contributed by atoms with E-state index in [0.717, 1.165) is 161 Å². The number of phenols is 1. The van der Waals surface area contributed by atoms with Crippen molar-refractivity contribution >= 4 is 175 Å². The van der Waals surface area contributed by atoms with Crippen LogP contribution in [0.1, 0.15) is 73.4 Å². The van der Waals surface area contributed by atoms with E-state index in [1.165, 1.54) is 96.3 Å². The van der Waals surface area contributed by atoms with Crippen LogP contribution in [0.5, 0.6) is 23.0 Å². The van der Waals surface area contributed by atoms with E-state index in [4.69, 9.17) is 45.2 Å². The largest absolute Gasteiger partial charge is 1.00 e. The van der Waals surface area contributed by atoms with E-state index >= 15 is 0 Å². The van der Waals surface area contributed by atoms with Crippen molar-refractivity contribution in [3.05, 3.63) is 295 Å². The number of thioether (sulfide) groups is 1. The number of carboxylic acids is 1. The normalized spacial score (nSPS) is 13.4. The molecule has 604 valence electrons. The summed E-state index contributed by atoms with van der Waals surface area (Å²) in [5, 5.41) is 58.8. The number of nitriles is 3. The number of aromatic hydroxyl groups is 1. The van der Waals surface area contributed by atoms with Gasteiger partial charge in [0, 0.05) is 98.6 Å². The number of aromatic nitrogens is 4. The molecule has 0 spiro atoms. The van der Waals surface area contributed by atoms with E-state index in [-0.39, 0.29) is 124 Å². The number of phenolic OH excluding ortho intramolecular Hbond substituents is 1. The van der Waals surface area contributed by atoms with Crippen molar-refractivity contribution in [1.29, 1.82) is 15.8 Å². The molecule has 4 aromatic heterocycles. The van der Waals surface area contributed by atoms with Crippen molar-refractivity contribution in [2.45, 2.75) is 62.4 Å². The number of alkyl halides is 3. The van der Waals surface area contributed by atoms with Crippen LogP contribution in [0, 0.1) is 34.0 Å². The average molecular weight is 1940 g/mol. The van der Waals surface area contributed by atoms with E-state index in [2.05, 4.69) is 255 Å². The fraction of sp³-hybridized carbons (Fsp3) is 0.213. The van der Waals surface area contributed by atoms with E-state index < -0.39 is 12.0 Å². The third-order valence-electron chi connectivity index (χ3n) is 18.3. The van der Waals surface area contributed by atoms with Crippen LogP contribution in [0.3, 0.4) is 0 Å². The van der Waals surface area contributed by atoms with Crippen molar-refractivity contribution in [1.82, 2.24) is 29.7 Å². The van der Waals surface area contributed by atoms with Crippen molar-refractivity contribution in [2.24, 2.45) is 4.99 Å². The Kier molecular flexibility index (Phi) is 40.5. The molecule has 0 saturated carbocycles. The Morgan fingerprint density at radius 2 is 0.808 bits per heavy atom. The quantitative estimate of drug-likeness (QED) is 0.0222. The number of hydrogen-bond donors (Lipinski definition) is 2. The molecule has 2 saturated heterocycles. The van der Waals surface area contributed by atoms with Gasteiger partial charge in [-0.25, -0.2) is 24.7 Å². The van der Waals surface area contributed by atoms with Crippen LogP contribution < -0.4 is 132 Å². The number of benzene rings is 10. The number of carboxylic acid groups (broad SMARTS) is 1. The Bertz CT molecular complexity index is 5810. The summed E-state index contributed by atoms with van der Waals surface area (Å²) < 4.78 is 21.8. The third-order valence-corrected chi connectivity index (χ3v) is 25.3. The molecule has 10 aromatic carbocycles. The van der Waals surface area contributed by atoms with E-state index in [1.807, 2.05) is 72.8 Å². The smallest absolute Gasteiger partial charge is 1.00 e. The number of rotatable bonds is 21. The number of aliphatic imine (C=N–C) groups is 1. The summed E-state index contributed by atoms with van der Waals surface area (Å²) in [5.74, 6) is 2.15. The zero-order chi connectivity index (χ0) is 81.7. The summed E-state index contributed by atoms with van der Waals surface area (Å²) in [6, 6.07) is 83.0. The van der Waals surface area contributed by atoms with Crippen LogP contribution >= 0.6 is 105 Å². The number of nitrogens with zero attached hydrogens (tertiary/aromatic N) is 12. The number of hydrogen-bond acceptors (Lipinski definition) is 25. The van der Waals surface area contributed by atoms with E-state index in [1.54, 1.807) is 18.2 Å². The average Bonchev–Trinajstić information content (AvgIpc) is 1.67. The Morgan fingerprint density at radius 1 is 0.467 bits per heavy atom. The SMILES string of the molecule is BrCc1cccc(CBr)c1.C.N#Cc1nc2ccc(O)cc2s1.N#Cc1nc2ccc(OCc3cccc(CBr)c3)cc2s1.N#Cc1nc2ccc(OCc3cccc(CN4CCN(c5ccccc5)CC4)c3)cc2s1.O=C(O)[C@H]1CSC(c2nc3ccc(OCc4cccc(CN5CCN(c6ccccc6)CC5)c4)cc3s2)=N1.O=CO[O-].[H-].[K+].[K+]. The van der Waals surface area contributed by atoms with Gasteiger partial charge in [0.05, 0.1) is 40.9 Å². The van der Waals surface area contributed by atoms with Crippen LogP contribution in [0.4, 0.5) is 11.4 Å². The Labute approximate surface area is 829 Å². The molecule has 0 aliphatic carbocycles. The number of anilines is 2. The zero-order valence-electron chi connectivity index (χ0n) is 65.9. The van der Waals surface area contributed by atoms with Crippen LogP contribution in [0.25, 0.3) is 40.9 Å². The van der Waals surface area contributed by atoms with E-state index in [9.17, 15) is 9.90 Å². The topological polar surface area (TPSA) is 283 Å². The molecule has 0 bridgehead atoms. The van der Waals surface area contributed by atoms with Crippen LogP contribution in [-0.4, -0.2) is 122 Å². The maximum atomic E-state index is 11.2. The molecule has 0 radical (unpaired) electrons. The first kappa shape index (κ1) is 96.4. The number of halogens is 3. The third kappa shape index (κ3) is 29.1. The van der Waals surface area contributed by atoms with Gasteiger partial charge < -0.3 is 45.8 Å². The van der Waals surface area contributed by atoms with Gasteiger partial charge in [-0.3, -0.25) is 19.6 Å². The fourth-order valence-electron chi connectivity index (χ4n) is 12.6. The first-order valence-corrected chi connectivity index (χ1v) is 44.4. The minimum absolute atomic E-state index is 0. The van der Waals surface area contributed by atoms with Crippen molar-refractivity contribution in [3.8, 4) is 41.2 Å². The number of ether oxygens (including phenoxy) is 3. The number of carbonyl (C=O) groups excluding carboxylic acids is 1. The van der Waals surface area contributed by atoms with Gasteiger partial charge in [0.25, 0.3) is 6.47 Å². The Balaban J connectivity index is 0.000000197. The monoisotopic (exact) mass is 1940 g/mol. The number of aliphatic carboxylic acids is 1. The van der Waals surface area contributed by atoms with Crippen molar-refractivity contribution < 1.29 is 148 Å². The second-order valence-corrected chi connectivity index (χ2v) is 33.3. The van der Waals surface area contributed by atoms with E-state index in [0.29, 0.717) is 45.6 Å². The predicted octanol–water partition coefficient (Wildman–Crippen LogP) is 13.4. The molecule has 21 nitrogen and oxygen atoms in total. The molecule has 17 rings (SSSR count). The van der Waals surface area contributed by atoms with Crippen LogP contribution in [0.15, 0.2) is 236 Å². The molecule has 7 heterocycles. The molecule has 0 amide bonds. The van der Waals surface area contributed by atoms with Gasteiger partial charge in [-0.2, -0.15) is 15.8 Å². The number of piperazine rings is 2. The van der Waals surface area contributed by atoms with Crippen molar-refractivity contribution in [2.75, 3.05) is 67.9 Å². The number of carbonyl (C=O) groups is 2. The summed E-state index contributed by atoms with van der Waals surface area (Å²) >= 11 is 17.3. The molecule has 14 aromatic rings. The van der Waals surface area contributed by atoms with Gasteiger partial charge in [-0.15, -0.1) is 57.1 Å². The number of fused-ring (bicyclic) bond motifs is 4. The standard InChI is InChI=1S/C29H28N4O3S2.C26H24N4OS.C16H11BrN2OS.C8H8Br2.C8H4N2OS.CH2O3.CH4.2K.H/c34-29(35)25-19-37-27(31-25)28-30-24-10-9-23(16-26(24)38-28)36-18-21-6-4-5-20(15-21)17-32-11-13-33(14-12-32)22-7-2-1-3-8-22;27-17-26-28-24-10-9-23(16-25(24)32-26)31-19-21-6-4-5-20(15-21)18-29-11-13-30(14-12-29)22-7-2-1-3-8-22;17-8-11-2-1-3-12(6-11)10-20-13-4-5-14-15(7-13)21-16(9-18)19-14;9-5-7-2-1-3-8(4-7)6-10;9-4-8-10-6-2-1-5(11)3-7(6)12-8;2-1-4-3;;;;/h1-10,15-16,25H,11-14,17-19H2,(H,34,35);1-10,15-16H,11-14,18-19H2;1-7H,8,10H2;1-4H,5-6H2;1-3,11H;1,3H;1H4;;;/q;;;;;;;2*+1;-1/p-1/t25-;;;;;;;;;/m1........./s1. The molecule has 2 N–H and O–H groups in total. The van der Waals surface area contributed by atoms with Crippen LogP contribution in [0.2, 0.25) is 0 Å². The van der Waals surface area contributed by atoms with Gasteiger partial charge in [-0.05, 0) is 142 Å². The maximum Gasteiger partial charge on any atom is 1.00 e. The Hall–Kier alpha value is -7.42. The summed E-state index contributed by atoms with van der Waals surface area (Å²) in [6.45, 7) is 11.7. The molecular weight excluding hydrogens is 1860 g/mol. The minimum atomic E-state index is -0.890. The summed E-state index contributed by atoms with van der Waals surface area (Å²) in [4.78, 5) is 53.9. The first-order chi connectivity index (χ1) is 57.2. The minimum Gasteiger partial charge on any atom is -1.00 e. The second kappa shape index (κ2) is 50.4. The molecule has 3 aliphatic heterocycles. The van der Waals surface area contributed by atoms with Gasteiger partial charge >= 0.3 is 109 Å². The second-order valence-electron chi connectivity index (χ2n) is 26.5. The Morgan fingerprint density at radius 3 is 1.18 bits per heavy atom. The maximum absolute atomic E-state index is 11.2. The number of thiazole rings is 4. The van der Waals surface area contributed by atoms with Crippen molar-refractivity contribution in [3.63, 3.8) is 0 Å². The molecule has 31 heteroatoms. The van der Waals surface area contributed by atoms with Gasteiger partial charge in [0.2, 0.25) is 0 Å². The summed E-state index contributed by atoms with van der Waals surface area (Å²) in [7, 11) is 0. The fourth-order valence-corrected chi connectivity index (χ4v) is 18.1. The molecule has 2 fully saturated rings. The molecular formula is C89H81Br3K2N12O9S5. The molecule has 120 heavy (non-hydrogen) atoms. The van der Waals surface area contributed by atoms with Crippen LogP contribution in [-0.2, 0) is 63.4 Å². The van der Waals surface area contributed by atoms with Gasteiger partial charge in [0.1, 0.15) is 71.1 Å². The van der Waals surface area contributed by atoms with Gasteiger partial charge in [0.15, 0.2) is 21.1 Å². The number of para-hydroxylation sites is 2. The zero-order valence-corrected chi connectivity index (χ0v) is 80.0. The first-order valence-electron chi connectivity index (χ1n) is 36.8. The summed E-state index contributed by atoms with van der Waals surface area (Å²) in [6.07, 6.45) is 0. The predicted molar refractivity (Wildman–Crippen MR) is 484 cm³/mol. The molecule has 3 aliphatic rings.